The molecule has 0 radical (unpaired) electrons. The summed E-state index contributed by atoms with van der Waals surface area (Å²) in [6, 6.07) is 0. The Kier molecular flexibility index (Phi) is 2.67. The highest BCUT2D eigenvalue weighted by Gasteiger charge is 2.24. The first-order chi connectivity index (χ1) is 5.20. The van der Waals surface area contributed by atoms with Crippen LogP contribution in [-0.4, -0.2) is 42.0 Å². The van der Waals surface area contributed by atoms with Crippen LogP contribution in [0, 0.1) is 5.92 Å². The van der Waals surface area contributed by atoms with Crippen molar-refractivity contribution in [2.75, 3.05) is 19.6 Å². The highest BCUT2D eigenvalue weighted by molar-refractivity contribution is 5.64. The molecule has 0 aromatic rings. The van der Waals surface area contributed by atoms with Crippen molar-refractivity contribution in [3.05, 3.63) is 0 Å². The molecule has 1 fully saturated rings. The summed E-state index contributed by atoms with van der Waals surface area (Å²) in [5, 5.41) is 22.7. The molecule has 1 aliphatic heterocycles. The van der Waals surface area contributed by atoms with E-state index in [2.05, 4.69) is 10.6 Å². The number of β-amino-alcohol motifs (C(OH)–C–C–N with tert-alkyl or cyclic N) is 1. The van der Waals surface area contributed by atoms with Crippen LogP contribution in [0.3, 0.4) is 0 Å². The Morgan fingerprint density at radius 2 is 2.36 bits per heavy atom. The number of hydrogen-bond acceptors (Lipinski definition) is 3. The molecular weight excluding hydrogens is 148 g/mol. The number of aliphatic hydroxyl groups excluding tert-OH is 1. The van der Waals surface area contributed by atoms with Gasteiger partial charge in [-0.05, 0) is 0 Å². The van der Waals surface area contributed by atoms with Gasteiger partial charge in [0.05, 0.1) is 6.10 Å². The van der Waals surface area contributed by atoms with Crippen molar-refractivity contribution in [3.8, 4) is 0 Å². The molecule has 2 atom stereocenters. The predicted molar refractivity (Wildman–Crippen MR) is 38.4 cm³/mol. The van der Waals surface area contributed by atoms with Gasteiger partial charge in [-0.25, -0.2) is 4.79 Å². The second-order valence-electron chi connectivity index (χ2n) is 2.67. The minimum Gasteiger partial charge on any atom is -0.465 e. The Morgan fingerprint density at radius 3 is 2.82 bits per heavy atom. The van der Waals surface area contributed by atoms with Gasteiger partial charge in [0.2, 0.25) is 0 Å². The molecule has 5 heteroatoms. The van der Waals surface area contributed by atoms with Crippen LogP contribution in [0.25, 0.3) is 0 Å². The molecule has 4 N–H and O–H groups in total. The van der Waals surface area contributed by atoms with Crippen LogP contribution in [-0.2, 0) is 0 Å². The maximum atomic E-state index is 10.0. The Morgan fingerprint density at radius 1 is 1.64 bits per heavy atom. The van der Waals surface area contributed by atoms with E-state index < -0.39 is 12.2 Å². The molecule has 5 nitrogen and oxygen atoms in total. The fraction of sp³-hybridized carbons (Fsp3) is 0.833. The minimum absolute atomic E-state index is 0.0195. The predicted octanol–water partition coefficient (Wildman–Crippen LogP) is -1.17. The molecule has 0 saturated carbocycles. The van der Waals surface area contributed by atoms with Gasteiger partial charge in [0.1, 0.15) is 0 Å². The zero-order valence-electron chi connectivity index (χ0n) is 6.08. The molecular formula is C6H12N2O3. The van der Waals surface area contributed by atoms with Crippen LogP contribution in [0.4, 0.5) is 4.79 Å². The lowest BCUT2D eigenvalue weighted by Crippen LogP contribution is -2.33. The number of aliphatic hydroxyl groups is 1. The molecule has 1 saturated heterocycles. The van der Waals surface area contributed by atoms with E-state index in [1.165, 1.54) is 0 Å². The summed E-state index contributed by atoms with van der Waals surface area (Å²) >= 11 is 0. The molecule has 1 aliphatic rings. The van der Waals surface area contributed by atoms with E-state index in [9.17, 15) is 9.90 Å². The van der Waals surface area contributed by atoms with E-state index in [0.717, 1.165) is 0 Å². The third-order valence-corrected chi connectivity index (χ3v) is 1.82. The largest absolute Gasteiger partial charge is 0.465 e. The average Bonchev–Trinajstić information content (AvgIpc) is 2.31. The van der Waals surface area contributed by atoms with E-state index in [-0.39, 0.29) is 5.92 Å². The summed E-state index contributed by atoms with van der Waals surface area (Å²) in [5.41, 5.74) is 0. The van der Waals surface area contributed by atoms with E-state index in [1.807, 2.05) is 0 Å². The van der Waals surface area contributed by atoms with Gasteiger partial charge in [-0.15, -0.1) is 0 Å². The van der Waals surface area contributed by atoms with E-state index in [4.69, 9.17) is 5.11 Å². The van der Waals surface area contributed by atoms with Gasteiger partial charge < -0.3 is 20.8 Å². The third kappa shape index (κ3) is 2.36. The van der Waals surface area contributed by atoms with Gasteiger partial charge >= 0.3 is 6.09 Å². The Labute approximate surface area is 64.4 Å². The number of amides is 1. The number of nitrogens with one attached hydrogen (secondary N) is 2. The smallest absolute Gasteiger partial charge is 0.404 e. The average molecular weight is 160 g/mol. The molecule has 11 heavy (non-hydrogen) atoms. The van der Waals surface area contributed by atoms with Crippen molar-refractivity contribution in [1.29, 1.82) is 0 Å². The fourth-order valence-corrected chi connectivity index (χ4v) is 1.15. The third-order valence-electron chi connectivity index (χ3n) is 1.82. The molecule has 0 aliphatic carbocycles. The maximum absolute atomic E-state index is 10.0. The molecule has 0 bridgehead atoms. The van der Waals surface area contributed by atoms with Crippen LogP contribution < -0.4 is 10.6 Å². The first-order valence-corrected chi connectivity index (χ1v) is 3.55. The summed E-state index contributed by atoms with van der Waals surface area (Å²) < 4.78 is 0. The lowest BCUT2D eigenvalue weighted by Gasteiger charge is -2.11. The fourth-order valence-electron chi connectivity index (χ4n) is 1.15. The summed E-state index contributed by atoms with van der Waals surface area (Å²) in [6.07, 6.45) is -1.45. The van der Waals surface area contributed by atoms with Crippen molar-refractivity contribution in [3.63, 3.8) is 0 Å². The van der Waals surface area contributed by atoms with Gasteiger partial charge in [0, 0.05) is 25.6 Å². The molecule has 1 amide bonds. The van der Waals surface area contributed by atoms with Crippen molar-refractivity contribution < 1.29 is 15.0 Å². The first-order valence-electron chi connectivity index (χ1n) is 3.55. The van der Waals surface area contributed by atoms with Crippen molar-refractivity contribution in [2.24, 2.45) is 5.92 Å². The highest BCUT2D eigenvalue weighted by Crippen LogP contribution is 2.06. The van der Waals surface area contributed by atoms with Crippen LogP contribution in [0.15, 0.2) is 0 Å². The SMILES string of the molecule is O=C(O)NC[C@@H]1CNC[C@@H]1O. The lowest BCUT2D eigenvalue weighted by atomic mass is 10.1. The monoisotopic (exact) mass is 160 g/mol. The Bertz CT molecular complexity index is 151. The molecule has 1 heterocycles. The second kappa shape index (κ2) is 3.54. The molecule has 1 rings (SSSR count). The quantitative estimate of drug-likeness (QED) is 0.410. The van der Waals surface area contributed by atoms with Crippen LogP contribution in [0.1, 0.15) is 0 Å². The highest BCUT2D eigenvalue weighted by atomic mass is 16.4. The number of hydrogen-bond donors (Lipinski definition) is 4. The molecule has 0 spiro atoms. The molecule has 0 aromatic carbocycles. The van der Waals surface area contributed by atoms with Gasteiger partial charge in [-0.2, -0.15) is 0 Å². The van der Waals surface area contributed by atoms with Crippen LogP contribution in [0.2, 0.25) is 0 Å². The molecule has 0 unspecified atom stereocenters. The summed E-state index contributed by atoms with van der Waals surface area (Å²) in [6.45, 7) is 1.57. The van der Waals surface area contributed by atoms with Gasteiger partial charge in [0.25, 0.3) is 0 Å². The normalized spacial score (nSPS) is 30.3. The molecule has 64 valence electrons. The molecule has 0 aromatic heterocycles. The van der Waals surface area contributed by atoms with Crippen molar-refractivity contribution in [2.45, 2.75) is 6.10 Å². The summed E-state index contributed by atoms with van der Waals surface area (Å²) in [7, 11) is 0. The van der Waals surface area contributed by atoms with Gasteiger partial charge in [-0.1, -0.05) is 0 Å². The lowest BCUT2D eigenvalue weighted by molar-refractivity contribution is 0.143. The minimum atomic E-state index is -1.04. The Balaban J connectivity index is 2.20. The van der Waals surface area contributed by atoms with Crippen molar-refractivity contribution in [1.82, 2.24) is 10.6 Å². The van der Waals surface area contributed by atoms with E-state index >= 15 is 0 Å². The maximum Gasteiger partial charge on any atom is 0.404 e. The summed E-state index contributed by atoms with van der Waals surface area (Å²) in [5.74, 6) is 0.0195. The number of rotatable bonds is 2. The van der Waals surface area contributed by atoms with Crippen molar-refractivity contribution >= 4 is 6.09 Å². The van der Waals surface area contributed by atoms with Gasteiger partial charge in [-0.3, -0.25) is 0 Å². The van der Waals surface area contributed by atoms with Gasteiger partial charge in [0.15, 0.2) is 0 Å². The standard InChI is InChI=1S/C6H12N2O3/c9-5-3-7-1-4(5)2-8-6(10)11/h4-5,7-9H,1-3H2,(H,10,11)/t4-,5-/m0/s1. The van der Waals surface area contributed by atoms with E-state index in [1.54, 1.807) is 0 Å². The van der Waals surface area contributed by atoms with E-state index in [0.29, 0.717) is 19.6 Å². The number of carboxylic acid groups (broad SMARTS) is 1. The zero-order chi connectivity index (χ0) is 8.27. The Hall–Kier alpha value is -0.810. The van der Waals surface area contributed by atoms with Crippen LogP contribution >= 0.6 is 0 Å². The summed E-state index contributed by atoms with van der Waals surface area (Å²) in [4.78, 5) is 10.0. The zero-order valence-corrected chi connectivity index (χ0v) is 6.08. The number of carbonyl (C=O) groups is 1. The second-order valence-corrected chi connectivity index (χ2v) is 2.67. The topological polar surface area (TPSA) is 81.6 Å². The first kappa shape index (κ1) is 8.29. The van der Waals surface area contributed by atoms with Crippen LogP contribution in [0.5, 0.6) is 0 Å².